The van der Waals surface area contributed by atoms with Gasteiger partial charge in [-0.3, -0.25) is 0 Å². The maximum Gasteiger partial charge on any atom is 0.159 e. The largest absolute Gasteiger partial charge is 0.314 e. The van der Waals surface area contributed by atoms with Gasteiger partial charge in [0.05, 0.1) is 5.69 Å². The molecule has 3 nitrogen and oxygen atoms in total. The first-order valence-corrected chi connectivity index (χ1v) is 5.54. The Morgan fingerprint density at radius 1 is 1.11 bits per heavy atom. The number of rotatable bonds is 3. The molecule has 1 N–H and O–H groups in total. The molecule has 0 bridgehead atoms. The summed E-state index contributed by atoms with van der Waals surface area (Å²) in [5.41, 5.74) is 2.06. The monoisotopic (exact) mass is 249 g/mol. The Labute approximate surface area is 104 Å². The van der Waals surface area contributed by atoms with Gasteiger partial charge >= 0.3 is 0 Å². The van der Waals surface area contributed by atoms with Crippen molar-refractivity contribution in [3.05, 3.63) is 47.3 Å². The summed E-state index contributed by atoms with van der Waals surface area (Å²) in [5.74, 6) is -1.37. The third-order valence-electron chi connectivity index (χ3n) is 2.44. The Bertz CT molecular complexity index is 570. The van der Waals surface area contributed by atoms with E-state index >= 15 is 0 Å². The summed E-state index contributed by atoms with van der Waals surface area (Å²) >= 11 is 0. The van der Waals surface area contributed by atoms with E-state index in [0.29, 0.717) is 17.9 Å². The molecule has 0 amide bonds. The molecule has 0 fully saturated rings. The first-order chi connectivity index (χ1) is 8.60. The van der Waals surface area contributed by atoms with Gasteiger partial charge in [0.15, 0.2) is 17.5 Å². The van der Waals surface area contributed by atoms with Gasteiger partial charge in [0, 0.05) is 17.8 Å². The van der Waals surface area contributed by atoms with E-state index in [1.807, 2.05) is 20.0 Å². The minimum Gasteiger partial charge on any atom is -0.314 e. The quantitative estimate of drug-likeness (QED) is 0.908. The standard InChI is InChI=1S/C13H13F2N3/c1-8-5-10(7-16-2)18-13(17-8)9-3-4-11(14)12(15)6-9/h3-6,16H,7H2,1-2H3. The SMILES string of the molecule is CNCc1cc(C)nc(-c2ccc(F)c(F)c2)n1. The number of nitrogens with one attached hydrogen (secondary N) is 1. The zero-order valence-electron chi connectivity index (χ0n) is 10.2. The lowest BCUT2D eigenvalue weighted by atomic mass is 10.2. The van der Waals surface area contributed by atoms with Crippen molar-refractivity contribution in [2.75, 3.05) is 7.05 Å². The molecule has 0 aliphatic rings. The van der Waals surface area contributed by atoms with Crippen LogP contribution in [0.4, 0.5) is 8.78 Å². The van der Waals surface area contributed by atoms with E-state index < -0.39 is 11.6 Å². The molecule has 0 atom stereocenters. The van der Waals surface area contributed by atoms with Crippen LogP contribution in [-0.2, 0) is 6.54 Å². The van der Waals surface area contributed by atoms with Gasteiger partial charge in [0.2, 0.25) is 0 Å². The fourth-order valence-electron chi connectivity index (χ4n) is 1.67. The molecule has 0 aliphatic heterocycles. The molecule has 1 aromatic carbocycles. The van der Waals surface area contributed by atoms with Crippen LogP contribution in [0, 0.1) is 18.6 Å². The van der Waals surface area contributed by atoms with Crippen molar-refractivity contribution >= 4 is 0 Å². The third kappa shape index (κ3) is 2.68. The van der Waals surface area contributed by atoms with Crippen molar-refractivity contribution < 1.29 is 8.78 Å². The molecule has 0 aliphatic carbocycles. The van der Waals surface area contributed by atoms with Crippen molar-refractivity contribution in [3.8, 4) is 11.4 Å². The lowest BCUT2D eigenvalue weighted by molar-refractivity contribution is 0.509. The van der Waals surface area contributed by atoms with Crippen LogP contribution >= 0.6 is 0 Å². The first-order valence-electron chi connectivity index (χ1n) is 5.54. The fourth-order valence-corrected chi connectivity index (χ4v) is 1.67. The van der Waals surface area contributed by atoms with E-state index in [1.165, 1.54) is 6.07 Å². The predicted octanol–water partition coefficient (Wildman–Crippen LogP) is 2.45. The molecule has 0 radical (unpaired) electrons. The summed E-state index contributed by atoms with van der Waals surface area (Å²) in [7, 11) is 1.81. The van der Waals surface area contributed by atoms with Crippen LogP contribution < -0.4 is 5.32 Å². The minimum atomic E-state index is -0.896. The van der Waals surface area contributed by atoms with Gasteiger partial charge in [0.1, 0.15) is 0 Å². The maximum absolute atomic E-state index is 13.2. The molecule has 1 heterocycles. The molecule has 0 saturated heterocycles. The highest BCUT2D eigenvalue weighted by Crippen LogP contribution is 2.18. The van der Waals surface area contributed by atoms with Gasteiger partial charge in [-0.1, -0.05) is 0 Å². The summed E-state index contributed by atoms with van der Waals surface area (Å²) in [4.78, 5) is 8.53. The summed E-state index contributed by atoms with van der Waals surface area (Å²) in [6.07, 6.45) is 0. The minimum absolute atomic E-state index is 0.402. The first kappa shape index (κ1) is 12.6. The number of halogens is 2. The molecule has 0 saturated carbocycles. The van der Waals surface area contributed by atoms with Crippen molar-refractivity contribution in [1.29, 1.82) is 0 Å². The van der Waals surface area contributed by atoms with Gasteiger partial charge in [-0.15, -0.1) is 0 Å². The van der Waals surface area contributed by atoms with E-state index in [4.69, 9.17) is 0 Å². The smallest absolute Gasteiger partial charge is 0.159 e. The topological polar surface area (TPSA) is 37.8 Å². The van der Waals surface area contributed by atoms with Crippen molar-refractivity contribution in [2.45, 2.75) is 13.5 Å². The van der Waals surface area contributed by atoms with Gasteiger partial charge in [-0.2, -0.15) is 0 Å². The molecule has 5 heteroatoms. The average molecular weight is 249 g/mol. The van der Waals surface area contributed by atoms with E-state index in [1.54, 1.807) is 0 Å². The van der Waals surface area contributed by atoms with Crippen LogP contribution in [0.2, 0.25) is 0 Å². The Morgan fingerprint density at radius 3 is 2.56 bits per heavy atom. The van der Waals surface area contributed by atoms with E-state index in [2.05, 4.69) is 15.3 Å². The molecular formula is C13H13F2N3. The molecule has 1 aromatic heterocycles. The maximum atomic E-state index is 13.2. The summed E-state index contributed by atoms with van der Waals surface area (Å²) in [6.45, 7) is 2.43. The second-order valence-electron chi connectivity index (χ2n) is 3.98. The van der Waals surface area contributed by atoms with Crippen LogP contribution in [0.1, 0.15) is 11.4 Å². The normalized spacial score (nSPS) is 10.7. The number of aromatic nitrogens is 2. The molecule has 18 heavy (non-hydrogen) atoms. The summed E-state index contributed by atoms with van der Waals surface area (Å²) < 4.78 is 26.0. The van der Waals surface area contributed by atoms with Crippen molar-refractivity contribution in [2.24, 2.45) is 0 Å². The molecular weight excluding hydrogens is 236 g/mol. The van der Waals surface area contributed by atoms with Crippen LogP contribution in [0.15, 0.2) is 24.3 Å². The van der Waals surface area contributed by atoms with Crippen LogP contribution in [0.3, 0.4) is 0 Å². The van der Waals surface area contributed by atoms with Gasteiger partial charge < -0.3 is 5.32 Å². The predicted molar refractivity (Wildman–Crippen MR) is 64.9 cm³/mol. The summed E-state index contributed by atoms with van der Waals surface area (Å²) in [5, 5.41) is 2.99. The van der Waals surface area contributed by atoms with Gasteiger partial charge in [0.25, 0.3) is 0 Å². The second kappa shape index (κ2) is 5.18. The zero-order chi connectivity index (χ0) is 13.1. The third-order valence-corrected chi connectivity index (χ3v) is 2.44. The molecule has 0 spiro atoms. The lowest BCUT2D eigenvalue weighted by Crippen LogP contribution is -2.08. The van der Waals surface area contributed by atoms with Crippen molar-refractivity contribution in [1.82, 2.24) is 15.3 Å². The van der Waals surface area contributed by atoms with E-state index in [0.717, 1.165) is 23.5 Å². The number of benzene rings is 1. The highest BCUT2D eigenvalue weighted by atomic mass is 19.2. The highest BCUT2D eigenvalue weighted by molar-refractivity contribution is 5.55. The Kier molecular flexibility index (Phi) is 3.62. The number of nitrogens with zero attached hydrogens (tertiary/aromatic N) is 2. The Balaban J connectivity index is 2.46. The summed E-state index contributed by atoms with van der Waals surface area (Å²) in [6, 6.07) is 5.50. The highest BCUT2D eigenvalue weighted by Gasteiger charge is 2.08. The average Bonchev–Trinajstić information content (AvgIpc) is 2.32. The number of hydrogen-bond donors (Lipinski definition) is 1. The number of aryl methyl sites for hydroxylation is 1. The lowest BCUT2D eigenvalue weighted by Gasteiger charge is -2.06. The van der Waals surface area contributed by atoms with Crippen LogP contribution in [0.5, 0.6) is 0 Å². The van der Waals surface area contributed by atoms with Gasteiger partial charge in [-0.25, -0.2) is 18.7 Å². The molecule has 94 valence electrons. The van der Waals surface area contributed by atoms with E-state index in [-0.39, 0.29) is 0 Å². The molecule has 0 unspecified atom stereocenters. The molecule has 2 aromatic rings. The number of hydrogen-bond acceptors (Lipinski definition) is 3. The van der Waals surface area contributed by atoms with Crippen molar-refractivity contribution in [3.63, 3.8) is 0 Å². The van der Waals surface area contributed by atoms with Crippen LogP contribution in [0.25, 0.3) is 11.4 Å². The Morgan fingerprint density at radius 2 is 1.89 bits per heavy atom. The van der Waals surface area contributed by atoms with Gasteiger partial charge in [-0.05, 0) is 38.2 Å². The Hall–Kier alpha value is -1.88. The second-order valence-corrected chi connectivity index (χ2v) is 3.98. The zero-order valence-corrected chi connectivity index (χ0v) is 10.2. The molecule has 2 rings (SSSR count). The fraction of sp³-hybridized carbons (Fsp3) is 0.231. The van der Waals surface area contributed by atoms with Crippen LogP contribution in [-0.4, -0.2) is 17.0 Å². The van der Waals surface area contributed by atoms with E-state index in [9.17, 15) is 8.78 Å².